The molecule has 2 rings (SSSR count). The molecular formula is C17H25NO2. The Labute approximate surface area is 121 Å². The van der Waals surface area contributed by atoms with Crippen LogP contribution in [0.4, 0.5) is 0 Å². The largest absolute Gasteiger partial charge is 0.388 e. The van der Waals surface area contributed by atoms with Gasteiger partial charge in [0.15, 0.2) is 0 Å². The number of amides is 1. The van der Waals surface area contributed by atoms with Gasteiger partial charge in [0.1, 0.15) is 0 Å². The van der Waals surface area contributed by atoms with Crippen LogP contribution < -0.4 is 5.32 Å². The van der Waals surface area contributed by atoms with Gasteiger partial charge in [-0.3, -0.25) is 4.79 Å². The molecule has 0 atom stereocenters. The van der Waals surface area contributed by atoms with Crippen LogP contribution in [-0.2, 0) is 6.42 Å². The minimum atomic E-state index is -0.713. The van der Waals surface area contributed by atoms with Crippen LogP contribution in [0.15, 0.2) is 24.3 Å². The van der Waals surface area contributed by atoms with Crippen molar-refractivity contribution in [3.05, 3.63) is 35.4 Å². The van der Waals surface area contributed by atoms with Crippen LogP contribution in [0.5, 0.6) is 0 Å². The lowest BCUT2D eigenvalue weighted by molar-refractivity contribution is 0.0246. The van der Waals surface area contributed by atoms with Crippen LogP contribution in [0, 0.1) is 0 Å². The molecule has 0 heterocycles. The molecule has 1 fully saturated rings. The Hall–Kier alpha value is -1.35. The number of hydrogen-bond acceptors (Lipinski definition) is 2. The van der Waals surface area contributed by atoms with E-state index in [1.54, 1.807) is 0 Å². The third kappa shape index (κ3) is 4.07. The summed E-state index contributed by atoms with van der Waals surface area (Å²) in [7, 11) is 0. The van der Waals surface area contributed by atoms with Crippen molar-refractivity contribution in [3.63, 3.8) is 0 Å². The first-order chi connectivity index (χ1) is 9.63. The highest BCUT2D eigenvalue weighted by molar-refractivity contribution is 5.94. The minimum Gasteiger partial charge on any atom is -0.388 e. The number of benzene rings is 1. The summed E-state index contributed by atoms with van der Waals surface area (Å²) in [6.45, 7) is 2.46. The van der Waals surface area contributed by atoms with Crippen molar-refractivity contribution in [3.8, 4) is 0 Å². The Morgan fingerprint density at radius 1 is 1.15 bits per heavy atom. The third-order valence-electron chi connectivity index (χ3n) is 4.24. The van der Waals surface area contributed by atoms with Crippen molar-refractivity contribution in [2.45, 2.75) is 57.5 Å². The van der Waals surface area contributed by atoms with Crippen molar-refractivity contribution < 1.29 is 9.90 Å². The normalized spacial score (nSPS) is 18.3. The van der Waals surface area contributed by atoms with Gasteiger partial charge in [-0.05, 0) is 37.0 Å². The van der Waals surface area contributed by atoms with Gasteiger partial charge in [-0.2, -0.15) is 0 Å². The average molecular weight is 275 g/mol. The predicted molar refractivity (Wildman–Crippen MR) is 80.8 cm³/mol. The van der Waals surface area contributed by atoms with Gasteiger partial charge in [-0.25, -0.2) is 0 Å². The Morgan fingerprint density at radius 2 is 1.75 bits per heavy atom. The summed E-state index contributed by atoms with van der Waals surface area (Å²) in [4.78, 5) is 12.1. The van der Waals surface area contributed by atoms with Gasteiger partial charge < -0.3 is 10.4 Å². The fourth-order valence-electron chi connectivity index (χ4n) is 2.80. The maximum absolute atomic E-state index is 12.1. The lowest BCUT2D eigenvalue weighted by atomic mass is 9.94. The highest BCUT2D eigenvalue weighted by Gasteiger charge is 2.28. The van der Waals surface area contributed by atoms with Gasteiger partial charge in [-0.15, -0.1) is 0 Å². The molecule has 2 N–H and O–H groups in total. The van der Waals surface area contributed by atoms with E-state index in [1.165, 1.54) is 18.4 Å². The Morgan fingerprint density at radius 3 is 2.30 bits per heavy atom. The van der Waals surface area contributed by atoms with Gasteiger partial charge in [0.25, 0.3) is 5.91 Å². The molecule has 110 valence electrons. The molecule has 1 saturated carbocycles. The first kappa shape index (κ1) is 15.0. The fraction of sp³-hybridized carbons (Fsp3) is 0.588. The molecule has 3 heteroatoms. The lowest BCUT2D eigenvalue weighted by Gasteiger charge is -2.26. The molecule has 0 saturated heterocycles. The zero-order chi connectivity index (χ0) is 14.4. The van der Waals surface area contributed by atoms with E-state index >= 15 is 0 Å². The van der Waals surface area contributed by atoms with E-state index in [2.05, 4.69) is 12.2 Å². The van der Waals surface area contributed by atoms with Crippen molar-refractivity contribution in [1.29, 1.82) is 0 Å². The van der Waals surface area contributed by atoms with Crippen LogP contribution in [0.25, 0.3) is 0 Å². The molecule has 0 unspecified atom stereocenters. The second kappa shape index (κ2) is 6.89. The van der Waals surface area contributed by atoms with E-state index in [1.807, 2.05) is 24.3 Å². The molecule has 1 aromatic carbocycles. The van der Waals surface area contributed by atoms with Crippen molar-refractivity contribution in [2.24, 2.45) is 0 Å². The second-order valence-electron chi connectivity index (χ2n) is 5.87. The number of aliphatic hydroxyl groups is 1. The number of aryl methyl sites for hydroxylation is 1. The van der Waals surface area contributed by atoms with Gasteiger partial charge >= 0.3 is 0 Å². The van der Waals surface area contributed by atoms with E-state index in [0.717, 1.165) is 32.1 Å². The molecular weight excluding hydrogens is 250 g/mol. The van der Waals surface area contributed by atoms with Crippen LogP contribution in [-0.4, -0.2) is 23.2 Å². The molecule has 0 radical (unpaired) electrons. The summed E-state index contributed by atoms with van der Waals surface area (Å²) in [6, 6.07) is 7.67. The molecule has 1 amide bonds. The van der Waals surface area contributed by atoms with E-state index in [9.17, 15) is 9.90 Å². The lowest BCUT2D eigenvalue weighted by Crippen LogP contribution is -2.42. The molecule has 1 aliphatic rings. The maximum atomic E-state index is 12.1. The van der Waals surface area contributed by atoms with Gasteiger partial charge in [0, 0.05) is 12.1 Å². The van der Waals surface area contributed by atoms with E-state index in [4.69, 9.17) is 0 Å². The second-order valence-corrected chi connectivity index (χ2v) is 5.87. The predicted octanol–water partition coefficient (Wildman–Crippen LogP) is 3.06. The zero-order valence-corrected chi connectivity index (χ0v) is 12.3. The maximum Gasteiger partial charge on any atom is 0.251 e. The fourth-order valence-corrected chi connectivity index (χ4v) is 2.80. The first-order valence-electron chi connectivity index (χ1n) is 7.72. The number of rotatable bonds is 4. The average Bonchev–Trinajstić information content (AvgIpc) is 2.70. The zero-order valence-electron chi connectivity index (χ0n) is 12.3. The number of carbonyl (C=O) groups is 1. The molecule has 1 aliphatic carbocycles. The van der Waals surface area contributed by atoms with Gasteiger partial charge in [0.05, 0.1) is 5.60 Å². The molecule has 0 spiro atoms. The molecule has 0 bridgehead atoms. The third-order valence-corrected chi connectivity index (χ3v) is 4.24. The Bertz CT molecular complexity index is 431. The monoisotopic (exact) mass is 275 g/mol. The van der Waals surface area contributed by atoms with Crippen molar-refractivity contribution in [2.75, 3.05) is 6.54 Å². The van der Waals surface area contributed by atoms with Crippen molar-refractivity contribution >= 4 is 5.91 Å². The smallest absolute Gasteiger partial charge is 0.251 e. The van der Waals surface area contributed by atoms with Gasteiger partial charge in [-0.1, -0.05) is 44.7 Å². The number of hydrogen-bond donors (Lipinski definition) is 2. The molecule has 0 aromatic heterocycles. The van der Waals surface area contributed by atoms with Crippen molar-refractivity contribution in [1.82, 2.24) is 5.32 Å². The SMILES string of the molecule is CCc1ccc(C(=O)NCC2(O)CCCCCC2)cc1. The molecule has 1 aromatic rings. The van der Waals surface area contributed by atoms with Crippen LogP contribution >= 0.6 is 0 Å². The van der Waals surface area contributed by atoms with Crippen LogP contribution in [0.1, 0.15) is 61.4 Å². The topological polar surface area (TPSA) is 49.3 Å². The van der Waals surface area contributed by atoms with Crippen LogP contribution in [0.2, 0.25) is 0 Å². The van der Waals surface area contributed by atoms with E-state index in [0.29, 0.717) is 12.1 Å². The standard InChI is InChI=1S/C17H25NO2/c1-2-14-7-9-15(10-8-14)16(19)18-13-17(20)11-5-3-4-6-12-17/h7-10,20H,2-6,11-13H2,1H3,(H,18,19). The number of nitrogens with one attached hydrogen (secondary N) is 1. The minimum absolute atomic E-state index is 0.0923. The summed E-state index contributed by atoms with van der Waals surface area (Å²) in [5.74, 6) is -0.0923. The van der Waals surface area contributed by atoms with E-state index < -0.39 is 5.60 Å². The molecule has 3 nitrogen and oxygen atoms in total. The number of carbonyl (C=O) groups excluding carboxylic acids is 1. The quantitative estimate of drug-likeness (QED) is 0.830. The van der Waals surface area contributed by atoms with Crippen LogP contribution in [0.3, 0.4) is 0 Å². The first-order valence-corrected chi connectivity index (χ1v) is 7.72. The summed E-state index contributed by atoms with van der Waals surface area (Å²) in [5.41, 5.74) is 1.18. The highest BCUT2D eigenvalue weighted by Crippen LogP contribution is 2.26. The highest BCUT2D eigenvalue weighted by atomic mass is 16.3. The Kier molecular flexibility index (Phi) is 5.18. The summed E-state index contributed by atoms with van der Waals surface area (Å²) in [6.07, 6.45) is 7.05. The molecule has 0 aliphatic heterocycles. The Balaban J connectivity index is 1.90. The van der Waals surface area contributed by atoms with Gasteiger partial charge in [0.2, 0.25) is 0 Å². The molecule has 20 heavy (non-hydrogen) atoms. The summed E-state index contributed by atoms with van der Waals surface area (Å²) in [5, 5.41) is 13.4. The van der Waals surface area contributed by atoms with E-state index in [-0.39, 0.29) is 5.91 Å². The summed E-state index contributed by atoms with van der Waals surface area (Å²) < 4.78 is 0. The summed E-state index contributed by atoms with van der Waals surface area (Å²) >= 11 is 0.